The van der Waals surface area contributed by atoms with Gasteiger partial charge in [0.1, 0.15) is 5.60 Å². The van der Waals surface area contributed by atoms with Gasteiger partial charge in [-0.15, -0.1) is 0 Å². The Morgan fingerprint density at radius 1 is 1.44 bits per heavy atom. The minimum atomic E-state index is -0.339. The number of rotatable bonds is 7. The van der Waals surface area contributed by atoms with E-state index in [2.05, 4.69) is 10.1 Å². The van der Waals surface area contributed by atoms with Crippen LogP contribution in [-0.2, 0) is 15.1 Å². The Kier molecular flexibility index (Phi) is 4.31. The Bertz CT molecular complexity index is 371. The second kappa shape index (κ2) is 5.77. The van der Waals surface area contributed by atoms with Gasteiger partial charge in [-0.3, -0.25) is 0 Å². The zero-order valence-electron chi connectivity index (χ0n) is 11.0. The number of nitrogens with two attached hydrogens (primary N) is 1. The van der Waals surface area contributed by atoms with Crippen molar-refractivity contribution in [3.05, 3.63) is 11.7 Å². The van der Waals surface area contributed by atoms with Gasteiger partial charge >= 0.3 is 0 Å². The summed E-state index contributed by atoms with van der Waals surface area (Å²) in [6, 6.07) is -0.226. The average molecular weight is 255 g/mol. The highest BCUT2D eigenvalue weighted by Gasteiger charge is 2.43. The van der Waals surface area contributed by atoms with Crippen LogP contribution in [0.3, 0.4) is 0 Å². The maximum absolute atomic E-state index is 6.00. The summed E-state index contributed by atoms with van der Waals surface area (Å²) < 4.78 is 15.7. The van der Waals surface area contributed by atoms with E-state index in [4.69, 9.17) is 19.7 Å². The zero-order chi connectivity index (χ0) is 13.0. The van der Waals surface area contributed by atoms with E-state index in [1.54, 1.807) is 14.2 Å². The van der Waals surface area contributed by atoms with E-state index in [9.17, 15) is 0 Å². The van der Waals surface area contributed by atoms with Crippen LogP contribution in [-0.4, -0.2) is 31.0 Å². The molecule has 2 N–H and O–H groups in total. The van der Waals surface area contributed by atoms with Crippen LogP contribution in [0.4, 0.5) is 0 Å². The van der Waals surface area contributed by atoms with Gasteiger partial charge in [-0.1, -0.05) is 5.16 Å². The highest BCUT2D eigenvalue weighted by Crippen LogP contribution is 2.42. The van der Waals surface area contributed by atoms with Crippen LogP contribution in [0, 0.1) is 0 Å². The monoisotopic (exact) mass is 255 g/mol. The molecule has 1 unspecified atom stereocenters. The van der Waals surface area contributed by atoms with Crippen molar-refractivity contribution in [2.75, 3.05) is 20.8 Å². The van der Waals surface area contributed by atoms with E-state index in [0.717, 1.165) is 32.1 Å². The van der Waals surface area contributed by atoms with Crippen LogP contribution in [0.15, 0.2) is 4.52 Å². The van der Waals surface area contributed by atoms with Gasteiger partial charge in [0.05, 0.1) is 6.04 Å². The normalized spacial score (nSPS) is 19.5. The molecule has 0 saturated heterocycles. The summed E-state index contributed by atoms with van der Waals surface area (Å²) in [5, 5.41) is 4.01. The molecule has 1 aromatic heterocycles. The third kappa shape index (κ3) is 2.55. The topological polar surface area (TPSA) is 83.4 Å². The molecule has 6 nitrogen and oxygen atoms in total. The van der Waals surface area contributed by atoms with Crippen molar-refractivity contribution in [3.8, 4) is 0 Å². The lowest BCUT2D eigenvalue weighted by atomic mass is 9.79. The number of methoxy groups -OCH3 is 2. The fourth-order valence-corrected chi connectivity index (χ4v) is 2.16. The molecule has 0 aromatic carbocycles. The second-order valence-corrected chi connectivity index (χ2v) is 4.75. The van der Waals surface area contributed by atoms with Crippen LogP contribution in [0.2, 0.25) is 0 Å². The maximum Gasteiger partial charge on any atom is 0.243 e. The quantitative estimate of drug-likeness (QED) is 0.744. The number of ether oxygens (including phenoxy) is 2. The summed E-state index contributed by atoms with van der Waals surface area (Å²) in [7, 11) is 3.36. The van der Waals surface area contributed by atoms with Gasteiger partial charge in [-0.25, -0.2) is 0 Å². The molecule has 0 amide bonds. The first kappa shape index (κ1) is 13.5. The number of aromatic nitrogens is 2. The van der Waals surface area contributed by atoms with Gasteiger partial charge in [0, 0.05) is 20.8 Å². The first-order valence-corrected chi connectivity index (χ1v) is 6.35. The molecule has 1 heterocycles. The van der Waals surface area contributed by atoms with E-state index in [1.807, 2.05) is 0 Å². The van der Waals surface area contributed by atoms with E-state index in [0.29, 0.717) is 18.3 Å². The number of hydrogen-bond donors (Lipinski definition) is 1. The maximum atomic E-state index is 6.00. The summed E-state index contributed by atoms with van der Waals surface area (Å²) in [5.41, 5.74) is 5.66. The molecule has 6 heteroatoms. The molecule has 1 aliphatic rings. The van der Waals surface area contributed by atoms with Gasteiger partial charge < -0.3 is 19.7 Å². The third-order valence-electron chi connectivity index (χ3n) is 3.58. The van der Waals surface area contributed by atoms with Crippen LogP contribution in [0.25, 0.3) is 0 Å². The summed E-state index contributed by atoms with van der Waals surface area (Å²) in [4.78, 5) is 4.39. The molecule has 0 aliphatic heterocycles. The number of hydrogen-bond acceptors (Lipinski definition) is 6. The average Bonchev–Trinajstić information content (AvgIpc) is 2.78. The SMILES string of the molecule is COCCCC(N)c1nc(C2(OC)CCC2)no1. The van der Waals surface area contributed by atoms with E-state index >= 15 is 0 Å². The molecule has 1 saturated carbocycles. The molecule has 0 spiro atoms. The van der Waals surface area contributed by atoms with Crippen molar-refractivity contribution in [1.29, 1.82) is 0 Å². The van der Waals surface area contributed by atoms with Crippen molar-refractivity contribution in [1.82, 2.24) is 10.1 Å². The predicted molar refractivity (Wildman–Crippen MR) is 64.9 cm³/mol. The van der Waals surface area contributed by atoms with Crippen LogP contribution >= 0.6 is 0 Å². The van der Waals surface area contributed by atoms with Crippen molar-refractivity contribution >= 4 is 0 Å². The van der Waals surface area contributed by atoms with Gasteiger partial charge in [-0.05, 0) is 32.1 Å². The molecule has 1 aliphatic carbocycles. The highest BCUT2D eigenvalue weighted by molar-refractivity contribution is 5.07. The molecule has 18 heavy (non-hydrogen) atoms. The molecular weight excluding hydrogens is 234 g/mol. The molecule has 2 rings (SSSR count). The van der Waals surface area contributed by atoms with Crippen molar-refractivity contribution in [2.45, 2.75) is 43.7 Å². The van der Waals surface area contributed by atoms with E-state index < -0.39 is 0 Å². The molecular formula is C12H21N3O3. The summed E-state index contributed by atoms with van der Waals surface area (Å²) in [5.74, 6) is 1.12. The van der Waals surface area contributed by atoms with E-state index in [-0.39, 0.29) is 11.6 Å². The zero-order valence-corrected chi connectivity index (χ0v) is 11.0. The molecule has 0 bridgehead atoms. The first-order chi connectivity index (χ1) is 8.72. The van der Waals surface area contributed by atoms with E-state index in [1.165, 1.54) is 0 Å². The van der Waals surface area contributed by atoms with Crippen molar-refractivity contribution < 1.29 is 14.0 Å². The molecule has 1 aromatic rings. The Labute approximate surface area is 107 Å². The largest absolute Gasteiger partial charge is 0.385 e. The minimum absolute atomic E-state index is 0.226. The summed E-state index contributed by atoms with van der Waals surface area (Å²) >= 11 is 0. The first-order valence-electron chi connectivity index (χ1n) is 6.35. The van der Waals surface area contributed by atoms with Gasteiger partial charge in [-0.2, -0.15) is 4.98 Å². The fourth-order valence-electron chi connectivity index (χ4n) is 2.16. The lowest BCUT2D eigenvalue weighted by Crippen LogP contribution is -2.37. The minimum Gasteiger partial charge on any atom is -0.385 e. The van der Waals surface area contributed by atoms with Gasteiger partial charge in [0.2, 0.25) is 11.7 Å². The van der Waals surface area contributed by atoms with Gasteiger partial charge in [0.15, 0.2) is 0 Å². The van der Waals surface area contributed by atoms with Crippen LogP contribution < -0.4 is 5.73 Å². The lowest BCUT2D eigenvalue weighted by molar-refractivity contribution is -0.0858. The van der Waals surface area contributed by atoms with Crippen molar-refractivity contribution in [3.63, 3.8) is 0 Å². The Morgan fingerprint density at radius 3 is 2.78 bits per heavy atom. The number of nitrogens with zero attached hydrogens (tertiary/aromatic N) is 2. The molecule has 1 fully saturated rings. The smallest absolute Gasteiger partial charge is 0.243 e. The highest BCUT2D eigenvalue weighted by atomic mass is 16.5. The van der Waals surface area contributed by atoms with Crippen molar-refractivity contribution in [2.24, 2.45) is 5.73 Å². The predicted octanol–water partition coefficient (Wildman–Crippen LogP) is 1.52. The Morgan fingerprint density at radius 2 is 2.22 bits per heavy atom. The van der Waals surface area contributed by atoms with Crippen LogP contribution in [0.1, 0.15) is 49.9 Å². The summed E-state index contributed by atoms with van der Waals surface area (Å²) in [6.45, 7) is 0.691. The Balaban J connectivity index is 1.97. The summed E-state index contributed by atoms with van der Waals surface area (Å²) in [6.07, 6.45) is 4.68. The fraction of sp³-hybridized carbons (Fsp3) is 0.833. The van der Waals surface area contributed by atoms with Crippen LogP contribution in [0.5, 0.6) is 0 Å². The van der Waals surface area contributed by atoms with Gasteiger partial charge in [0.25, 0.3) is 0 Å². The Hall–Kier alpha value is -0.980. The molecule has 0 radical (unpaired) electrons. The molecule has 102 valence electrons. The lowest BCUT2D eigenvalue weighted by Gasteiger charge is -2.37. The third-order valence-corrected chi connectivity index (χ3v) is 3.58. The standard InChI is InChI=1S/C12H21N3O3/c1-16-8-3-5-9(13)10-14-11(15-18-10)12(17-2)6-4-7-12/h9H,3-8,13H2,1-2H3. The second-order valence-electron chi connectivity index (χ2n) is 4.75. The molecule has 1 atom stereocenters.